The largest absolute Gasteiger partial charge is 0.482 e. The second-order valence-electron chi connectivity index (χ2n) is 8.05. The summed E-state index contributed by atoms with van der Waals surface area (Å²) in [5.74, 6) is 0.662. The fraction of sp³-hybridized carbons (Fsp3) is 0.192. The van der Waals surface area contributed by atoms with Crippen LogP contribution in [-0.4, -0.2) is 20.8 Å². The van der Waals surface area contributed by atoms with Crippen LogP contribution in [0, 0.1) is 10.1 Å². The van der Waals surface area contributed by atoms with Crippen LogP contribution in [0.15, 0.2) is 75.0 Å². The van der Waals surface area contributed by atoms with E-state index < -0.39 is 4.92 Å². The van der Waals surface area contributed by atoms with Gasteiger partial charge < -0.3 is 4.74 Å². The van der Waals surface area contributed by atoms with E-state index in [1.54, 1.807) is 42.5 Å². The molecule has 0 aliphatic carbocycles. The standard InChI is InChI=1S/C26H22BrClN4O4/c1-2-3-4-25-30-22-11-8-19(27)14-21(22)26(33)31(25)29-15-18-7-12-24(23(13-18)32(34)35)36-16-17-5-9-20(28)10-6-17/h5-15H,2-4,16H2,1H3. The summed E-state index contributed by atoms with van der Waals surface area (Å²) in [4.78, 5) is 29.0. The molecule has 36 heavy (non-hydrogen) atoms. The third-order valence-corrected chi connectivity index (χ3v) is 6.18. The number of ether oxygens (including phenoxy) is 1. The summed E-state index contributed by atoms with van der Waals surface area (Å²) >= 11 is 9.29. The fourth-order valence-electron chi connectivity index (χ4n) is 3.56. The maximum Gasteiger partial charge on any atom is 0.311 e. The van der Waals surface area contributed by atoms with E-state index in [1.807, 2.05) is 6.07 Å². The van der Waals surface area contributed by atoms with Gasteiger partial charge in [0.15, 0.2) is 5.75 Å². The zero-order valence-corrected chi connectivity index (χ0v) is 21.7. The molecule has 0 unspecified atom stereocenters. The van der Waals surface area contributed by atoms with Gasteiger partial charge in [-0.2, -0.15) is 9.78 Å². The number of benzene rings is 3. The number of unbranched alkanes of at least 4 members (excludes halogenated alkanes) is 1. The molecular weight excluding hydrogens is 548 g/mol. The first-order chi connectivity index (χ1) is 17.4. The van der Waals surface area contributed by atoms with Gasteiger partial charge >= 0.3 is 5.69 Å². The molecule has 0 spiro atoms. The highest BCUT2D eigenvalue weighted by Crippen LogP contribution is 2.28. The highest BCUT2D eigenvalue weighted by molar-refractivity contribution is 9.10. The number of aromatic nitrogens is 2. The Morgan fingerprint density at radius 3 is 2.67 bits per heavy atom. The molecule has 4 rings (SSSR count). The van der Waals surface area contributed by atoms with E-state index in [0.29, 0.717) is 33.7 Å². The molecule has 4 aromatic rings. The van der Waals surface area contributed by atoms with Gasteiger partial charge in [-0.05, 0) is 54.4 Å². The van der Waals surface area contributed by atoms with Crippen LogP contribution in [0.5, 0.6) is 5.75 Å². The van der Waals surface area contributed by atoms with Crippen LogP contribution < -0.4 is 10.3 Å². The Bertz CT molecular complexity index is 1500. The zero-order valence-electron chi connectivity index (χ0n) is 19.4. The monoisotopic (exact) mass is 568 g/mol. The Morgan fingerprint density at radius 1 is 1.17 bits per heavy atom. The molecule has 0 aliphatic heterocycles. The SMILES string of the molecule is CCCCc1nc2ccc(Br)cc2c(=O)n1N=Cc1ccc(OCc2ccc(Cl)cc2)c([N+](=O)[O-])c1. The molecular formula is C26H22BrClN4O4. The summed E-state index contributed by atoms with van der Waals surface area (Å²) in [6.45, 7) is 2.21. The van der Waals surface area contributed by atoms with Crippen LogP contribution in [0.2, 0.25) is 5.02 Å². The Morgan fingerprint density at radius 2 is 1.94 bits per heavy atom. The van der Waals surface area contributed by atoms with Crippen molar-refractivity contribution in [1.82, 2.24) is 9.66 Å². The van der Waals surface area contributed by atoms with E-state index in [0.717, 1.165) is 22.9 Å². The molecule has 3 aromatic carbocycles. The number of nitrogens with zero attached hydrogens (tertiary/aromatic N) is 4. The molecule has 1 aromatic heterocycles. The van der Waals surface area contributed by atoms with Crippen molar-refractivity contribution in [3.05, 3.63) is 108 Å². The number of fused-ring (bicyclic) bond motifs is 1. The summed E-state index contributed by atoms with van der Waals surface area (Å²) in [6.07, 6.45) is 3.77. The number of nitro benzene ring substituents is 1. The number of nitro groups is 1. The molecule has 0 atom stereocenters. The molecule has 1 heterocycles. The molecule has 0 saturated heterocycles. The van der Waals surface area contributed by atoms with E-state index in [2.05, 4.69) is 32.9 Å². The van der Waals surface area contributed by atoms with Crippen molar-refractivity contribution in [2.75, 3.05) is 0 Å². The third kappa shape index (κ3) is 5.98. The number of aryl methyl sites for hydroxylation is 1. The van der Waals surface area contributed by atoms with Gasteiger partial charge in [0.1, 0.15) is 12.4 Å². The number of halogens is 2. The Hall–Kier alpha value is -3.56. The Labute approximate surface area is 220 Å². The minimum atomic E-state index is -0.511. The van der Waals surface area contributed by atoms with E-state index >= 15 is 0 Å². The van der Waals surface area contributed by atoms with Crippen molar-refractivity contribution in [3.8, 4) is 5.75 Å². The summed E-state index contributed by atoms with van der Waals surface area (Å²) in [5, 5.41) is 17.1. The fourth-order valence-corrected chi connectivity index (χ4v) is 4.04. The quantitative estimate of drug-likeness (QED) is 0.130. The van der Waals surface area contributed by atoms with E-state index in [9.17, 15) is 14.9 Å². The van der Waals surface area contributed by atoms with Crippen LogP contribution >= 0.6 is 27.5 Å². The lowest BCUT2D eigenvalue weighted by molar-refractivity contribution is -0.385. The molecule has 0 radical (unpaired) electrons. The number of rotatable bonds is 9. The lowest BCUT2D eigenvalue weighted by atomic mass is 10.2. The highest BCUT2D eigenvalue weighted by atomic mass is 79.9. The van der Waals surface area contributed by atoms with Crippen molar-refractivity contribution >= 4 is 50.3 Å². The molecule has 0 N–H and O–H groups in total. The average molecular weight is 570 g/mol. The predicted molar refractivity (Wildman–Crippen MR) is 144 cm³/mol. The molecule has 184 valence electrons. The molecule has 0 amide bonds. The number of hydrogen-bond acceptors (Lipinski definition) is 6. The van der Waals surface area contributed by atoms with E-state index in [-0.39, 0.29) is 23.6 Å². The van der Waals surface area contributed by atoms with Crippen LogP contribution in [0.25, 0.3) is 10.9 Å². The zero-order chi connectivity index (χ0) is 25.7. The first-order valence-corrected chi connectivity index (χ1v) is 12.4. The molecule has 8 nitrogen and oxygen atoms in total. The number of hydrogen-bond donors (Lipinski definition) is 0. The maximum atomic E-state index is 13.2. The van der Waals surface area contributed by atoms with Crippen molar-refractivity contribution in [1.29, 1.82) is 0 Å². The van der Waals surface area contributed by atoms with Gasteiger partial charge in [0.05, 0.1) is 22.0 Å². The molecule has 0 aliphatic rings. The molecule has 0 saturated carbocycles. The molecule has 0 fully saturated rings. The van der Waals surface area contributed by atoms with Crippen LogP contribution in [0.4, 0.5) is 5.69 Å². The third-order valence-electron chi connectivity index (χ3n) is 5.44. The summed E-state index contributed by atoms with van der Waals surface area (Å²) in [7, 11) is 0. The van der Waals surface area contributed by atoms with Crippen molar-refractivity contribution in [2.45, 2.75) is 32.8 Å². The van der Waals surface area contributed by atoms with Gasteiger partial charge in [0.2, 0.25) is 0 Å². The second-order valence-corrected chi connectivity index (χ2v) is 9.41. The average Bonchev–Trinajstić information content (AvgIpc) is 2.87. The maximum absolute atomic E-state index is 13.2. The van der Waals surface area contributed by atoms with Crippen LogP contribution in [-0.2, 0) is 13.0 Å². The van der Waals surface area contributed by atoms with Gasteiger partial charge in [-0.1, -0.05) is 53.0 Å². The highest BCUT2D eigenvalue weighted by Gasteiger charge is 2.16. The summed E-state index contributed by atoms with van der Waals surface area (Å²) in [5.41, 5.74) is 1.36. The van der Waals surface area contributed by atoms with Crippen LogP contribution in [0.1, 0.15) is 36.7 Å². The van der Waals surface area contributed by atoms with Gasteiger partial charge in [0, 0.05) is 27.5 Å². The van der Waals surface area contributed by atoms with Crippen molar-refractivity contribution < 1.29 is 9.66 Å². The minimum Gasteiger partial charge on any atom is -0.482 e. The van der Waals surface area contributed by atoms with Crippen molar-refractivity contribution in [3.63, 3.8) is 0 Å². The predicted octanol–water partition coefficient (Wildman–Crippen LogP) is 6.52. The van der Waals surface area contributed by atoms with Gasteiger partial charge in [0.25, 0.3) is 5.56 Å². The second kappa shape index (κ2) is 11.5. The molecule has 10 heteroatoms. The Balaban J connectivity index is 1.65. The van der Waals surface area contributed by atoms with Crippen LogP contribution in [0.3, 0.4) is 0 Å². The smallest absolute Gasteiger partial charge is 0.311 e. The van der Waals surface area contributed by atoms with Gasteiger partial charge in [-0.3, -0.25) is 14.9 Å². The van der Waals surface area contributed by atoms with E-state index in [4.69, 9.17) is 16.3 Å². The lowest BCUT2D eigenvalue weighted by Gasteiger charge is -2.09. The van der Waals surface area contributed by atoms with E-state index in [1.165, 1.54) is 23.0 Å². The van der Waals surface area contributed by atoms with Gasteiger partial charge in [-0.15, -0.1) is 0 Å². The first kappa shape index (κ1) is 25.5. The summed E-state index contributed by atoms with van der Waals surface area (Å²) in [6, 6.07) is 16.9. The van der Waals surface area contributed by atoms with Gasteiger partial charge in [-0.25, -0.2) is 4.98 Å². The normalized spacial score (nSPS) is 11.3. The minimum absolute atomic E-state index is 0.130. The summed E-state index contributed by atoms with van der Waals surface area (Å²) < 4.78 is 7.71. The molecule has 0 bridgehead atoms. The lowest BCUT2D eigenvalue weighted by Crippen LogP contribution is -2.22. The Kier molecular flexibility index (Phi) is 8.12. The van der Waals surface area contributed by atoms with Crippen molar-refractivity contribution in [2.24, 2.45) is 5.10 Å². The topological polar surface area (TPSA) is 99.6 Å². The first-order valence-electron chi connectivity index (χ1n) is 11.3.